The van der Waals surface area contributed by atoms with Gasteiger partial charge >= 0.3 is 0 Å². The minimum atomic E-state index is -0.220. The molecule has 6 heteroatoms. The van der Waals surface area contributed by atoms with E-state index in [1.165, 1.54) is 12.8 Å². The van der Waals surface area contributed by atoms with Crippen LogP contribution in [0.4, 0.5) is 0 Å². The first-order valence-corrected chi connectivity index (χ1v) is 7.57. The molecule has 0 aliphatic heterocycles. The predicted molar refractivity (Wildman–Crippen MR) is 85.0 cm³/mol. The Bertz CT molecular complexity index is 531. The summed E-state index contributed by atoms with van der Waals surface area (Å²) in [5, 5.41) is 6.99. The first-order valence-electron chi connectivity index (χ1n) is 6.82. The van der Waals surface area contributed by atoms with Crippen molar-refractivity contribution in [3.05, 3.63) is 40.4 Å². The summed E-state index contributed by atoms with van der Waals surface area (Å²) < 4.78 is 5.56. The van der Waals surface area contributed by atoms with E-state index < -0.39 is 0 Å². The molecule has 1 aromatic carbocycles. The Balaban J connectivity index is 2.01. The van der Waals surface area contributed by atoms with Crippen LogP contribution in [0.5, 0.6) is 5.75 Å². The van der Waals surface area contributed by atoms with Gasteiger partial charge in [-0.2, -0.15) is 0 Å². The van der Waals surface area contributed by atoms with Crippen molar-refractivity contribution in [2.24, 2.45) is 0 Å². The second kappa shape index (κ2) is 7.69. The van der Waals surface area contributed by atoms with Crippen LogP contribution in [0.25, 0.3) is 0 Å². The highest BCUT2D eigenvalue weighted by atomic mass is 35.5. The third-order valence-electron chi connectivity index (χ3n) is 3.04. The summed E-state index contributed by atoms with van der Waals surface area (Å²) in [7, 11) is 0. The monoisotopic (exact) mass is 328 g/mol. The number of carbonyl (C=O) groups excluding carboxylic acids is 1. The van der Waals surface area contributed by atoms with E-state index in [4.69, 9.17) is 27.9 Å². The van der Waals surface area contributed by atoms with E-state index in [-0.39, 0.29) is 12.5 Å². The lowest BCUT2D eigenvalue weighted by molar-refractivity contribution is -0.122. The highest BCUT2D eigenvalue weighted by Gasteiger charge is 2.21. The summed E-state index contributed by atoms with van der Waals surface area (Å²) in [4.78, 5) is 11.6. The molecule has 2 rings (SSSR count). The number of hydrogen-bond acceptors (Lipinski definition) is 3. The van der Waals surface area contributed by atoms with Crippen LogP contribution < -0.4 is 15.4 Å². The van der Waals surface area contributed by atoms with E-state index in [0.29, 0.717) is 34.9 Å². The molecule has 21 heavy (non-hydrogen) atoms. The molecule has 0 heterocycles. The number of amides is 1. The fraction of sp³-hybridized carbons (Fsp3) is 0.400. The summed E-state index contributed by atoms with van der Waals surface area (Å²) in [6.07, 6.45) is 3.99. The van der Waals surface area contributed by atoms with Gasteiger partial charge in [0, 0.05) is 29.7 Å². The Morgan fingerprint density at radius 3 is 2.86 bits per heavy atom. The molecule has 4 nitrogen and oxygen atoms in total. The zero-order valence-corrected chi connectivity index (χ0v) is 13.1. The van der Waals surface area contributed by atoms with Crippen LogP contribution in [0.3, 0.4) is 0 Å². The van der Waals surface area contributed by atoms with Crippen LogP contribution in [-0.4, -0.2) is 25.1 Å². The van der Waals surface area contributed by atoms with Crippen LogP contribution in [0.2, 0.25) is 10.0 Å². The van der Waals surface area contributed by atoms with E-state index in [1.807, 2.05) is 0 Å². The smallest absolute Gasteiger partial charge is 0.258 e. The highest BCUT2D eigenvalue weighted by Crippen LogP contribution is 2.33. The minimum Gasteiger partial charge on any atom is -0.482 e. The number of hydrogen-bond donors (Lipinski definition) is 2. The van der Waals surface area contributed by atoms with Crippen molar-refractivity contribution in [3.63, 3.8) is 0 Å². The molecule has 1 aliphatic carbocycles. The number of halogens is 2. The maximum absolute atomic E-state index is 11.6. The summed E-state index contributed by atoms with van der Waals surface area (Å²) >= 11 is 12.2. The molecule has 0 unspecified atom stereocenters. The van der Waals surface area contributed by atoms with Gasteiger partial charge in [0.15, 0.2) is 6.61 Å². The van der Waals surface area contributed by atoms with E-state index in [0.717, 1.165) is 5.56 Å². The van der Waals surface area contributed by atoms with Crippen molar-refractivity contribution in [2.75, 3.05) is 13.2 Å². The number of benzene rings is 1. The Morgan fingerprint density at radius 2 is 2.19 bits per heavy atom. The van der Waals surface area contributed by atoms with Crippen molar-refractivity contribution in [1.82, 2.24) is 10.6 Å². The predicted octanol–water partition coefficient (Wildman–Crippen LogP) is 2.93. The molecule has 1 aromatic rings. The summed E-state index contributed by atoms with van der Waals surface area (Å²) in [6.45, 7) is 4.47. The first kappa shape index (κ1) is 16.1. The fourth-order valence-corrected chi connectivity index (χ4v) is 2.41. The molecule has 0 aromatic heterocycles. The normalized spacial score (nSPS) is 13.8. The Morgan fingerprint density at radius 1 is 1.43 bits per heavy atom. The Kier molecular flexibility index (Phi) is 5.91. The highest BCUT2D eigenvalue weighted by molar-refractivity contribution is 6.35. The summed E-state index contributed by atoms with van der Waals surface area (Å²) in [5.74, 6) is 0.282. The fourth-order valence-electron chi connectivity index (χ4n) is 1.82. The van der Waals surface area contributed by atoms with Crippen molar-refractivity contribution in [3.8, 4) is 5.75 Å². The molecule has 1 saturated carbocycles. The summed E-state index contributed by atoms with van der Waals surface area (Å²) in [6, 6.07) is 3.98. The third kappa shape index (κ3) is 5.23. The maximum Gasteiger partial charge on any atom is 0.258 e. The molecule has 1 amide bonds. The second-order valence-electron chi connectivity index (χ2n) is 4.91. The Hall–Kier alpha value is -1.23. The van der Waals surface area contributed by atoms with Crippen molar-refractivity contribution in [2.45, 2.75) is 25.4 Å². The van der Waals surface area contributed by atoms with Gasteiger partial charge in [0.1, 0.15) is 5.75 Å². The van der Waals surface area contributed by atoms with Gasteiger partial charge in [0.05, 0.1) is 5.02 Å². The lowest BCUT2D eigenvalue weighted by Gasteiger charge is -2.14. The van der Waals surface area contributed by atoms with Crippen LogP contribution in [-0.2, 0) is 11.3 Å². The maximum atomic E-state index is 11.6. The van der Waals surface area contributed by atoms with Gasteiger partial charge in [-0.05, 0) is 25.0 Å². The molecule has 0 spiro atoms. The standard InChI is InChI=1S/C15H18Cl2N2O2/c1-2-5-18-14(20)9-21-15-10(8-19-12-3-4-12)6-11(16)7-13(15)17/h2,6-7,12,19H,1,3-5,8-9H2,(H,18,20). The minimum absolute atomic E-state index is 0.0916. The topological polar surface area (TPSA) is 50.4 Å². The molecule has 1 fully saturated rings. The average molecular weight is 329 g/mol. The molecule has 0 bridgehead atoms. The van der Waals surface area contributed by atoms with Gasteiger partial charge in [0.2, 0.25) is 0 Å². The quantitative estimate of drug-likeness (QED) is 0.721. The van der Waals surface area contributed by atoms with Gasteiger partial charge in [-0.3, -0.25) is 4.79 Å². The van der Waals surface area contributed by atoms with Crippen molar-refractivity contribution in [1.29, 1.82) is 0 Å². The number of rotatable bonds is 8. The molecular formula is C15H18Cl2N2O2. The number of nitrogens with one attached hydrogen (secondary N) is 2. The first-order chi connectivity index (χ1) is 10.1. The van der Waals surface area contributed by atoms with Gasteiger partial charge in [0.25, 0.3) is 5.91 Å². The largest absolute Gasteiger partial charge is 0.482 e. The molecular weight excluding hydrogens is 311 g/mol. The van der Waals surface area contributed by atoms with Crippen LogP contribution in [0.15, 0.2) is 24.8 Å². The zero-order chi connectivity index (χ0) is 15.2. The zero-order valence-electron chi connectivity index (χ0n) is 11.6. The Labute approximate surface area is 134 Å². The number of ether oxygens (including phenoxy) is 1. The van der Waals surface area contributed by atoms with Gasteiger partial charge < -0.3 is 15.4 Å². The molecule has 0 atom stereocenters. The lowest BCUT2D eigenvalue weighted by Crippen LogP contribution is -2.29. The summed E-state index contributed by atoms with van der Waals surface area (Å²) in [5.41, 5.74) is 0.857. The third-order valence-corrected chi connectivity index (χ3v) is 3.53. The van der Waals surface area contributed by atoms with Gasteiger partial charge in [-0.25, -0.2) is 0 Å². The van der Waals surface area contributed by atoms with Crippen LogP contribution in [0, 0.1) is 0 Å². The second-order valence-corrected chi connectivity index (χ2v) is 5.76. The van der Waals surface area contributed by atoms with E-state index in [1.54, 1.807) is 18.2 Å². The van der Waals surface area contributed by atoms with Crippen LogP contribution >= 0.6 is 23.2 Å². The van der Waals surface area contributed by atoms with Gasteiger partial charge in [-0.15, -0.1) is 6.58 Å². The average Bonchev–Trinajstić information content (AvgIpc) is 3.25. The number of carbonyl (C=O) groups is 1. The molecule has 0 radical (unpaired) electrons. The molecule has 0 saturated heterocycles. The van der Waals surface area contributed by atoms with Crippen LogP contribution in [0.1, 0.15) is 18.4 Å². The molecule has 2 N–H and O–H groups in total. The molecule has 1 aliphatic rings. The SMILES string of the molecule is C=CCNC(=O)COc1c(Cl)cc(Cl)cc1CNC1CC1. The van der Waals surface area contributed by atoms with E-state index >= 15 is 0 Å². The van der Waals surface area contributed by atoms with E-state index in [2.05, 4.69) is 17.2 Å². The van der Waals surface area contributed by atoms with Crippen molar-refractivity contribution < 1.29 is 9.53 Å². The lowest BCUT2D eigenvalue weighted by atomic mass is 10.2. The van der Waals surface area contributed by atoms with E-state index in [9.17, 15) is 4.79 Å². The van der Waals surface area contributed by atoms with Gasteiger partial charge in [-0.1, -0.05) is 29.3 Å². The van der Waals surface area contributed by atoms with Crippen molar-refractivity contribution >= 4 is 29.1 Å². The molecule has 114 valence electrons.